The Balaban J connectivity index is 2.03. The largest absolute Gasteiger partial charge is 0.383 e. The van der Waals surface area contributed by atoms with Gasteiger partial charge in [-0.15, -0.1) is 0 Å². The lowest BCUT2D eigenvalue weighted by atomic mass is 10.2. The van der Waals surface area contributed by atoms with Gasteiger partial charge in [0.2, 0.25) is 0 Å². The molecule has 0 aliphatic carbocycles. The molecule has 0 radical (unpaired) electrons. The third-order valence-corrected chi connectivity index (χ3v) is 3.18. The van der Waals surface area contributed by atoms with E-state index >= 15 is 0 Å². The Hall–Kier alpha value is -1.82. The highest BCUT2D eigenvalue weighted by atomic mass is 32.2. The van der Waals surface area contributed by atoms with Gasteiger partial charge >= 0.3 is 0 Å². The van der Waals surface area contributed by atoms with Gasteiger partial charge in [-0.05, 0) is 12.1 Å². The summed E-state index contributed by atoms with van der Waals surface area (Å²) >= 11 is 1.56. The van der Waals surface area contributed by atoms with Crippen molar-refractivity contribution in [1.82, 2.24) is 15.3 Å². The standard InChI is InChI=1S/C12H14N4OS/c1-16(2)7-9-10(14-15-12(9)17)8-18-11-5-3-4-6-13-11/h3-7H,8H2,1-2H3,(H,15,17)/b9-7+. The maximum absolute atomic E-state index is 11.6. The van der Waals surface area contributed by atoms with Crippen molar-refractivity contribution in [2.75, 3.05) is 19.8 Å². The smallest absolute Gasteiger partial charge is 0.274 e. The molecule has 18 heavy (non-hydrogen) atoms. The van der Waals surface area contributed by atoms with Gasteiger partial charge in [-0.2, -0.15) is 5.10 Å². The highest BCUT2D eigenvalue weighted by Crippen LogP contribution is 2.18. The van der Waals surface area contributed by atoms with Crippen molar-refractivity contribution in [2.45, 2.75) is 5.03 Å². The van der Waals surface area contributed by atoms with Crippen LogP contribution in [0.25, 0.3) is 0 Å². The molecule has 0 fully saturated rings. The summed E-state index contributed by atoms with van der Waals surface area (Å²) in [5.74, 6) is 0.468. The summed E-state index contributed by atoms with van der Waals surface area (Å²) in [6.45, 7) is 0. The topological polar surface area (TPSA) is 57.6 Å². The van der Waals surface area contributed by atoms with Gasteiger partial charge in [-0.3, -0.25) is 4.79 Å². The number of aromatic nitrogens is 1. The lowest BCUT2D eigenvalue weighted by Crippen LogP contribution is -2.17. The second-order valence-electron chi connectivity index (χ2n) is 3.96. The third kappa shape index (κ3) is 3.10. The van der Waals surface area contributed by atoms with Crippen LogP contribution in [0.1, 0.15) is 0 Å². The molecule has 0 saturated carbocycles. The molecular formula is C12H14N4OS. The van der Waals surface area contributed by atoms with E-state index < -0.39 is 0 Å². The zero-order chi connectivity index (χ0) is 13.0. The monoisotopic (exact) mass is 262 g/mol. The summed E-state index contributed by atoms with van der Waals surface area (Å²) in [4.78, 5) is 17.6. The first-order valence-corrected chi connectivity index (χ1v) is 6.45. The second-order valence-corrected chi connectivity index (χ2v) is 4.96. The van der Waals surface area contributed by atoms with Gasteiger partial charge in [0.25, 0.3) is 5.91 Å². The quantitative estimate of drug-likeness (QED) is 0.652. The molecule has 0 unspecified atom stereocenters. The molecule has 2 rings (SSSR count). The van der Waals surface area contributed by atoms with Crippen molar-refractivity contribution < 1.29 is 4.79 Å². The number of carbonyl (C=O) groups is 1. The molecule has 94 valence electrons. The SMILES string of the molecule is CN(C)/C=C1/C(=O)NN=C1CSc1ccccn1. The van der Waals surface area contributed by atoms with Gasteiger partial charge in [0.15, 0.2) is 0 Å². The minimum atomic E-state index is -0.152. The van der Waals surface area contributed by atoms with E-state index in [0.29, 0.717) is 11.3 Å². The van der Waals surface area contributed by atoms with Crippen LogP contribution in [0, 0.1) is 0 Å². The van der Waals surface area contributed by atoms with Gasteiger partial charge in [-0.25, -0.2) is 10.4 Å². The molecule has 1 aromatic rings. The molecule has 5 nitrogen and oxygen atoms in total. The van der Waals surface area contributed by atoms with Crippen LogP contribution in [-0.4, -0.2) is 41.4 Å². The maximum atomic E-state index is 11.6. The second kappa shape index (κ2) is 5.68. The Kier molecular flexibility index (Phi) is 3.99. The van der Waals surface area contributed by atoms with Crippen LogP contribution < -0.4 is 5.43 Å². The van der Waals surface area contributed by atoms with Gasteiger partial charge in [-0.1, -0.05) is 17.8 Å². The number of hydrazone groups is 1. The molecule has 0 atom stereocenters. The molecule has 0 saturated heterocycles. The Morgan fingerprint density at radius 1 is 1.44 bits per heavy atom. The van der Waals surface area contributed by atoms with E-state index in [1.807, 2.05) is 37.2 Å². The number of nitrogens with zero attached hydrogens (tertiary/aromatic N) is 3. The van der Waals surface area contributed by atoms with Crippen LogP contribution in [0.2, 0.25) is 0 Å². The van der Waals surface area contributed by atoms with Crippen LogP contribution in [0.3, 0.4) is 0 Å². The average molecular weight is 262 g/mol. The summed E-state index contributed by atoms with van der Waals surface area (Å²) < 4.78 is 0. The zero-order valence-corrected chi connectivity index (χ0v) is 11.1. The Bertz CT molecular complexity index is 496. The number of rotatable bonds is 4. The van der Waals surface area contributed by atoms with Gasteiger partial charge in [0, 0.05) is 32.2 Å². The maximum Gasteiger partial charge on any atom is 0.274 e. The zero-order valence-electron chi connectivity index (χ0n) is 10.3. The fraction of sp³-hybridized carbons (Fsp3) is 0.250. The minimum absolute atomic E-state index is 0.152. The average Bonchev–Trinajstić information content (AvgIpc) is 2.69. The fourth-order valence-electron chi connectivity index (χ4n) is 1.45. The minimum Gasteiger partial charge on any atom is -0.383 e. The normalized spacial score (nSPS) is 16.7. The number of thioether (sulfide) groups is 1. The predicted octanol–water partition coefficient (Wildman–Crippen LogP) is 1.10. The van der Waals surface area contributed by atoms with Crippen LogP contribution in [0.5, 0.6) is 0 Å². The van der Waals surface area contributed by atoms with E-state index in [1.165, 1.54) is 0 Å². The van der Waals surface area contributed by atoms with Gasteiger partial charge < -0.3 is 4.90 Å². The summed E-state index contributed by atoms with van der Waals surface area (Å²) in [6, 6.07) is 5.75. The summed E-state index contributed by atoms with van der Waals surface area (Å²) in [5.41, 5.74) is 3.85. The van der Waals surface area contributed by atoms with E-state index in [0.717, 1.165) is 10.7 Å². The number of hydrogen-bond acceptors (Lipinski definition) is 5. The molecular weight excluding hydrogens is 248 g/mol. The number of amides is 1. The Labute approximate surface area is 110 Å². The summed E-state index contributed by atoms with van der Waals surface area (Å²) in [7, 11) is 3.75. The highest BCUT2D eigenvalue weighted by Gasteiger charge is 2.22. The van der Waals surface area contributed by atoms with Crippen molar-refractivity contribution in [1.29, 1.82) is 0 Å². The van der Waals surface area contributed by atoms with Crippen LogP contribution >= 0.6 is 11.8 Å². The highest BCUT2D eigenvalue weighted by molar-refractivity contribution is 8.00. The molecule has 0 spiro atoms. The molecule has 0 aromatic carbocycles. The van der Waals surface area contributed by atoms with E-state index in [-0.39, 0.29) is 5.91 Å². The molecule has 1 aliphatic heterocycles. The first kappa shape index (κ1) is 12.6. The molecule has 2 heterocycles. The van der Waals surface area contributed by atoms with Crippen molar-refractivity contribution in [2.24, 2.45) is 5.10 Å². The lowest BCUT2D eigenvalue weighted by molar-refractivity contribution is -0.116. The molecule has 6 heteroatoms. The van der Waals surface area contributed by atoms with Gasteiger partial charge in [0.05, 0.1) is 16.3 Å². The Morgan fingerprint density at radius 2 is 2.28 bits per heavy atom. The van der Waals surface area contributed by atoms with E-state index in [9.17, 15) is 4.79 Å². The number of hydrogen-bond donors (Lipinski definition) is 1. The molecule has 1 N–H and O–H groups in total. The van der Waals surface area contributed by atoms with Crippen molar-refractivity contribution >= 4 is 23.4 Å². The number of nitrogens with one attached hydrogen (secondary N) is 1. The van der Waals surface area contributed by atoms with Gasteiger partial charge in [0.1, 0.15) is 0 Å². The predicted molar refractivity (Wildman–Crippen MR) is 72.3 cm³/mol. The Morgan fingerprint density at radius 3 is 2.94 bits per heavy atom. The van der Waals surface area contributed by atoms with E-state index in [2.05, 4.69) is 15.5 Å². The lowest BCUT2D eigenvalue weighted by Gasteiger charge is -2.07. The van der Waals surface area contributed by atoms with Crippen molar-refractivity contribution in [3.63, 3.8) is 0 Å². The molecule has 0 bridgehead atoms. The molecule has 1 aromatic heterocycles. The summed E-state index contributed by atoms with van der Waals surface area (Å²) in [6.07, 6.45) is 3.53. The third-order valence-electron chi connectivity index (χ3n) is 2.23. The number of carbonyl (C=O) groups excluding carboxylic acids is 1. The van der Waals surface area contributed by atoms with Crippen molar-refractivity contribution in [3.8, 4) is 0 Å². The van der Waals surface area contributed by atoms with Crippen LogP contribution in [0.4, 0.5) is 0 Å². The summed E-state index contributed by atoms with van der Waals surface area (Å²) in [5, 5.41) is 4.96. The van der Waals surface area contributed by atoms with E-state index in [4.69, 9.17) is 0 Å². The van der Waals surface area contributed by atoms with Crippen LogP contribution in [0.15, 0.2) is 46.3 Å². The molecule has 1 amide bonds. The number of pyridine rings is 1. The fourth-order valence-corrected chi connectivity index (χ4v) is 2.26. The molecule has 1 aliphatic rings. The van der Waals surface area contributed by atoms with E-state index in [1.54, 1.807) is 24.2 Å². The van der Waals surface area contributed by atoms with Crippen molar-refractivity contribution in [3.05, 3.63) is 36.2 Å². The first-order chi connectivity index (χ1) is 8.66. The van der Waals surface area contributed by atoms with Crippen LogP contribution in [-0.2, 0) is 4.79 Å². The first-order valence-electron chi connectivity index (χ1n) is 5.46.